The van der Waals surface area contributed by atoms with Crippen molar-refractivity contribution in [2.24, 2.45) is 0 Å². The molecule has 128 valence electrons. The van der Waals surface area contributed by atoms with Gasteiger partial charge in [0.2, 0.25) is 0 Å². The van der Waals surface area contributed by atoms with E-state index < -0.39 is 11.8 Å². The van der Waals surface area contributed by atoms with Gasteiger partial charge in [0.05, 0.1) is 19.9 Å². The van der Waals surface area contributed by atoms with Crippen LogP contribution in [-0.4, -0.2) is 31.1 Å². The van der Waals surface area contributed by atoms with E-state index in [-0.39, 0.29) is 10.7 Å². The van der Waals surface area contributed by atoms with Gasteiger partial charge in [-0.1, -0.05) is 6.07 Å². The quantitative estimate of drug-likeness (QED) is 0.506. The Morgan fingerprint density at radius 1 is 1.20 bits per heavy atom. The number of anilines is 1. The molecule has 0 atom stereocenters. The topological polar surface area (TPSA) is 67.9 Å². The summed E-state index contributed by atoms with van der Waals surface area (Å²) < 4.78 is 10.5. The van der Waals surface area contributed by atoms with Crippen LogP contribution in [0.4, 0.5) is 5.69 Å². The van der Waals surface area contributed by atoms with Gasteiger partial charge in [0, 0.05) is 10.9 Å². The van der Waals surface area contributed by atoms with Crippen molar-refractivity contribution in [2.75, 3.05) is 19.1 Å². The fraction of sp³-hybridized carbons (Fsp3) is 0.118. The Bertz CT molecular complexity index is 875. The number of benzene rings is 1. The number of nitrogens with one attached hydrogen (secondary N) is 1. The summed E-state index contributed by atoms with van der Waals surface area (Å²) in [7, 11) is 3.02. The van der Waals surface area contributed by atoms with Crippen molar-refractivity contribution in [1.82, 2.24) is 5.32 Å². The normalized spacial score (nSPS) is 16.2. The van der Waals surface area contributed by atoms with E-state index in [0.717, 1.165) is 4.88 Å². The van der Waals surface area contributed by atoms with Crippen molar-refractivity contribution in [2.45, 2.75) is 0 Å². The first kappa shape index (κ1) is 17.1. The number of thiocarbonyl (C=S) groups is 1. The first-order chi connectivity index (χ1) is 12.0. The summed E-state index contributed by atoms with van der Waals surface area (Å²) in [5.74, 6) is -0.0474. The molecule has 25 heavy (non-hydrogen) atoms. The van der Waals surface area contributed by atoms with Crippen LogP contribution in [0.3, 0.4) is 0 Å². The van der Waals surface area contributed by atoms with Crippen LogP contribution >= 0.6 is 23.6 Å². The molecule has 0 bridgehead atoms. The molecule has 2 heterocycles. The van der Waals surface area contributed by atoms with E-state index in [1.165, 1.54) is 30.5 Å². The molecule has 0 aliphatic carbocycles. The SMILES string of the molecule is COc1ccc(N2C(=O)C(=Cc3cccs3)C(=O)NC2=S)c(OC)c1. The van der Waals surface area contributed by atoms with Crippen molar-refractivity contribution >= 4 is 52.2 Å². The summed E-state index contributed by atoms with van der Waals surface area (Å²) in [4.78, 5) is 27.2. The molecule has 2 aromatic rings. The molecule has 1 N–H and O–H groups in total. The summed E-state index contributed by atoms with van der Waals surface area (Å²) in [6.07, 6.45) is 1.55. The lowest BCUT2D eigenvalue weighted by molar-refractivity contribution is -0.122. The Balaban J connectivity index is 2.05. The number of carbonyl (C=O) groups is 2. The van der Waals surface area contributed by atoms with Crippen LogP contribution in [0, 0.1) is 0 Å². The molecule has 1 saturated heterocycles. The second-order valence-electron chi connectivity index (χ2n) is 5.01. The standard InChI is InChI=1S/C17H14N2O4S2/c1-22-10-5-6-13(14(8-10)23-2)19-16(21)12(15(20)18-17(19)24)9-11-4-3-7-25-11/h3-9H,1-2H3,(H,18,20,24). The third kappa shape index (κ3) is 3.26. The maximum atomic E-state index is 12.9. The van der Waals surface area contributed by atoms with Crippen LogP contribution < -0.4 is 19.7 Å². The number of amides is 2. The minimum Gasteiger partial charge on any atom is -0.497 e. The second-order valence-corrected chi connectivity index (χ2v) is 6.38. The van der Waals surface area contributed by atoms with E-state index in [2.05, 4.69) is 5.32 Å². The number of nitrogens with zero attached hydrogens (tertiary/aromatic N) is 1. The fourth-order valence-electron chi connectivity index (χ4n) is 2.36. The predicted octanol–water partition coefficient (Wildman–Crippen LogP) is 2.60. The third-order valence-corrected chi connectivity index (χ3v) is 4.66. The monoisotopic (exact) mass is 374 g/mol. The minimum atomic E-state index is -0.521. The van der Waals surface area contributed by atoms with Gasteiger partial charge in [-0.05, 0) is 41.9 Å². The third-order valence-electron chi connectivity index (χ3n) is 3.56. The summed E-state index contributed by atoms with van der Waals surface area (Å²) in [6.45, 7) is 0. The molecule has 8 heteroatoms. The molecular formula is C17H14N2O4S2. The summed E-state index contributed by atoms with van der Waals surface area (Å²) >= 11 is 6.62. The number of methoxy groups -OCH3 is 2. The van der Waals surface area contributed by atoms with Gasteiger partial charge in [0.25, 0.3) is 11.8 Å². The zero-order valence-corrected chi connectivity index (χ0v) is 15.1. The van der Waals surface area contributed by atoms with Gasteiger partial charge in [0.1, 0.15) is 17.1 Å². The molecule has 0 unspecified atom stereocenters. The van der Waals surface area contributed by atoms with E-state index in [1.54, 1.807) is 24.3 Å². The number of hydrogen-bond acceptors (Lipinski definition) is 6. The molecule has 1 aliphatic rings. The van der Waals surface area contributed by atoms with Crippen LogP contribution in [-0.2, 0) is 9.59 Å². The second kappa shape index (κ2) is 7.04. The highest BCUT2D eigenvalue weighted by Crippen LogP contribution is 2.34. The Morgan fingerprint density at radius 2 is 2.00 bits per heavy atom. The summed E-state index contributed by atoms with van der Waals surface area (Å²) in [5, 5.41) is 4.42. The Kier molecular flexibility index (Phi) is 4.82. The smallest absolute Gasteiger partial charge is 0.270 e. The van der Waals surface area contributed by atoms with Crippen molar-refractivity contribution < 1.29 is 19.1 Å². The largest absolute Gasteiger partial charge is 0.497 e. The Hall–Kier alpha value is -2.71. The van der Waals surface area contributed by atoms with Crippen LogP contribution in [0.15, 0.2) is 41.3 Å². The molecule has 1 aliphatic heterocycles. The highest BCUT2D eigenvalue weighted by atomic mass is 32.1. The number of thiophene rings is 1. The fourth-order valence-corrected chi connectivity index (χ4v) is 3.29. The van der Waals surface area contributed by atoms with E-state index in [9.17, 15) is 9.59 Å². The molecule has 1 aromatic heterocycles. The average Bonchev–Trinajstić information content (AvgIpc) is 3.12. The molecule has 0 saturated carbocycles. The maximum Gasteiger partial charge on any atom is 0.270 e. The van der Waals surface area contributed by atoms with Crippen molar-refractivity contribution in [3.8, 4) is 11.5 Å². The molecule has 3 rings (SSSR count). The lowest BCUT2D eigenvalue weighted by atomic mass is 10.1. The van der Waals surface area contributed by atoms with Gasteiger partial charge in [-0.2, -0.15) is 0 Å². The molecule has 1 aromatic carbocycles. The van der Waals surface area contributed by atoms with Crippen molar-refractivity contribution in [1.29, 1.82) is 0 Å². The first-order valence-electron chi connectivity index (χ1n) is 7.22. The van der Waals surface area contributed by atoms with Crippen LogP contribution in [0.2, 0.25) is 0 Å². The minimum absolute atomic E-state index is 0.00166. The van der Waals surface area contributed by atoms with Crippen molar-refractivity contribution in [3.05, 3.63) is 46.2 Å². The van der Waals surface area contributed by atoms with E-state index in [4.69, 9.17) is 21.7 Å². The molecule has 2 amide bonds. The number of hydrogen-bond donors (Lipinski definition) is 1. The highest BCUT2D eigenvalue weighted by Gasteiger charge is 2.36. The van der Waals surface area contributed by atoms with Gasteiger partial charge >= 0.3 is 0 Å². The van der Waals surface area contributed by atoms with E-state index in [1.807, 2.05) is 17.5 Å². The molecular weight excluding hydrogens is 360 g/mol. The molecule has 6 nitrogen and oxygen atoms in total. The van der Waals surface area contributed by atoms with Crippen LogP contribution in [0.25, 0.3) is 6.08 Å². The zero-order chi connectivity index (χ0) is 18.0. The van der Waals surface area contributed by atoms with E-state index in [0.29, 0.717) is 17.2 Å². The van der Waals surface area contributed by atoms with Gasteiger partial charge in [-0.15, -0.1) is 11.3 Å². The summed E-state index contributed by atoms with van der Waals surface area (Å²) in [6, 6.07) is 8.65. The highest BCUT2D eigenvalue weighted by molar-refractivity contribution is 7.80. The lowest BCUT2D eigenvalue weighted by Crippen LogP contribution is -2.54. The van der Waals surface area contributed by atoms with Gasteiger partial charge < -0.3 is 9.47 Å². The lowest BCUT2D eigenvalue weighted by Gasteiger charge is -2.29. The van der Waals surface area contributed by atoms with Crippen LogP contribution in [0.1, 0.15) is 4.88 Å². The van der Waals surface area contributed by atoms with Crippen molar-refractivity contribution in [3.63, 3.8) is 0 Å². The van der Waals surface area contributed by atoms with E-state index >= 15 is 0 Å². The van der Waals surface area contributed by atoms with Gasteiger partial charge in [-0.3, -0.25) is 14.9 Å². The number of ether oxygens (including phenoxy) is 2. The summed E-state index contributed by atoms with van der Waals surface area (Å²) in [5.41, 5.74) is 0.435. The van der Waals surface area contributed by atoms with Crippen LogP contribution in [0.5, 0.6) is 11.5 Å². The van der Waals surface area contributed by atoms with Gasteiger partial charge in [-0.25, -0.2) is 4.90 Å². The number of rotatable bonds is 4. The van der Waals surface area contributed by atoms with Gasteiger partial charge in [0.15, 0.2) is 5.11 Å². The Morgan fingerprint density at radius 3 is 2.64 bits per heavy atom. The Labute approximate surface area is 153 Å². The molecule has 0 radical (unpaired) electrons. The predicted molar refractivity (Wildman–Crippen MR) is 100 cm³/mol. The first-order valence-corrected chi connectivity index (χ1v) is 8.51. The number of carbonyl (C=O) groups excluding carboxylic acids is 2. The molecule has 0 spiro atoms. The average molecular weight is 374 g/mol. The maximum absolute atomic E-state index is 12.9. The zero-order valence-electron chi connectivity index (χ0n) is 13.4. The molecule has 1 fully saturated rings.